The molecule has 5 nitrogen and oxygen atoms in total. The van der Waals surface area contributed by atoms with Crippen LogP contribution in [0.15, 0.2) is 22.0 Å². The van der Waals surface area contributed by atoms with Gasteiger partial charge in [-0.15, -0.1) is 11.3 Å². The third kappa shape index (κ3) is 4.15. The van der Waals surface area contributed by atoms with Gasteiger partial charge in [0, 0.05) is 16.8 Å². The molecule has 0 amide bonds. The zero-order chi connectivity index (χ0) is 16.3. The maximum atomic E-state index is 5.40. The van der Waals surface area contributed by atoms with Crippen molar-refractivity contribution in [2.75, 3.05) is 20.6 Å². The van der Waals surface area contributed by atoms with E-state index in [0.717, 1.165) is 12.4 Å². The predicted octanol–water partition coefficient (Wildman–Crippen LogP) is 3.38. The molecular weight excluding hydrogens is 296 g/mol. The van der Waals surface area contributed by atoms with E-state index in [0.29, 0.717) is 11.9 Å². The lowest BCUT2D eigenvalue weighted by atomic mass is 9.96. The molecule has 0 aliphatic rings. The van der Waals surface area contributed by atoms with Crippen molar-refractivity contribution in [2.45, 2.75) is 45.2 Å². The quantitative estimate of drug-likeness (QED) is 0.883. The van der Waals surface area contributed by atoms with Crippen molar-refractivity contribution in [1.82, 2.24) is 20.4 Å². The summed E-state index contributed by atoms with van der Waals surface area (Å²) in [5, 5.41) is 9.70. The van der Waals surface area contributed by atoms with Gasteiger partial charge in [-0.3, -0.25) is 0 Å². The smallest absolute Gasteiger partial charge is 0.243 e. The zero-order valence-electron chi connectivity index (χ0n) is 14.3. The van der Waals surface area contributed by atoms with Gasteiger partial charge in [-0.2, -0.15) is 4.98 Å². The Kier molecular flexibility index (Phi) is 5.36. The van der Waals surface area contributed by atoms with Crippen molar-refractivity contribution in [2.24, 2.45) is 0 Å². The minimum atomic E-state index is -0.0926. The van der Waals surface area contributed by atoms with Crippen LogP contribution in [0.4, 0.5) is 0 Å². The fraction of sp³-hybridized carbons (Fsp3) is 0.625. The molecule has 1 N–H and O–H groups in total. The summed E-state index contributed by atoms with van der Waals surface area (Å²) in [4.78, 5) is 8.09. The van der Waals surface area contributed by atoms with Gasteiger partial charge < -0.3 is 14.7 Å². The zero-order valence-corrected chi connectivity index (χ0v) is 15.1. The van der Waals surface area contributed by atoms with E-state index < -0.39 is 0 Å². The summed E-state index contributed by atoms with van der Waals surface area (Å²) in [6.07, 6.45) is 0. The van der Waals surface area contributed by atoms with Gasteiger partial charge in [-0.1, -0.05) is 32.0 Å². The Morgan fingerprint density at radius 2 is 2.09 bits per heavy atom. The van der Waals surface area contributed by atoms with Crippen LogP contribution in [-0.2, 0) is 5.41 Å². The molecule has 2 aromatic rings. The third-order valence-electron chi connectivity index (χ3n) is 3.60. The Balaban J connectivity index is 1.99. The molecule has 0 bridgehead atoms. The lowest BCUT2D eigenvalue weighted by molar-refractivity contribution is 0.271. The molecule has 0 aliphatic carbocycles. The minimum Gasteiger partial charge on any atom is -0.338 e. The van der Waals surface area contributed by atoms with Crippen LogP contribution in [0.5, 0.6) is 0 Å². The van der Waals surface area contributed by atoms with Crippen molar-refractivity contribution in [1.29, 1.82) is 0 Å². The number of nitrogens with one attached hydrogen (secondary N) is 1. The maximum absolute atomic E-state index is 5.40. The molecule has 0 aromatic carbocycles. The van der Waals surface area contributed by atoms with E-state index in [1.54, 1.807) is 11.3 Å². The Morgan fingerprint density at radius 3 is 2.59 bits per heavy atom. The molecule has 2 aromatic heterocycles. The standard InChI is InChI=1S/C16H26N4OS/c1-11(14-18-15(19-21-14)16(2,3)4)17-10-12(20(5)6)13-8-7-9-22-13/h7-9,11-12,17H,10H2,1-6H3/t11-,12+/m0/s1. The van der Waals surface area contributed by atoms with Gasteiger partial charge in [0.1, 0.15) is 0 Å². The van der Waals surface area contributed by atoms with Gasteiger partial charge in [-0.25, -0.2) is 0 Å². The second-order valence-electron chi connectivity index (χ2n) is 6.83. The highest BCUT2D eigenvalue weighted by molar-refractivity contribution is 7.10. The van der Waals surface area contributed by atoms with E-state index in [-0.39, 0.29) is 11.5 Å². The normalized spacial score (nSPS) is 15.2. The number of aromatic nitrogens is 2. The van der Waals surface area contributed by atoms with Crippen LogP contribution in [0.25, 0.3) is 0 Å². The van der Waals surface area contributed by atoms with Crippen LogP contribution < -0.4 is 5.32 Å². The number of hydrogen-bond donors (Lipinski definition) is 1. The average molecular weight is 322 g/mol. The van der Waals surface area contributed by atoms with Gasteiger partial charge in [0.05, 0.1) is 12.1 Å². The predicted molar refractivity (Wildman–Crippen MR) is 90.2 cm³/mol. The molecule has 0 aliphatic heterocycles. The molecule has 0 fully saturated rings. The van der Waals surface area contributed by atoms with Crippen molar-refractivity contribution in [3.63, 3.8) is 0 Å². The first-order valence-corrected chi connectivity index (χ1v) is 8.44. The van der Waals surface area contributed by atoms with E-state index in [9.17, 15) is 0 Å². The Labute approximate surface area is 136 Å². The van der Waals surface area contributed by atoms with E-state index in [1.807, 2.05) is 0 Å². The molecule has 0 unspecified atom stereocenters. The minimum absolute atomic E-state index is 0.0333. The maximum Gasteiger partial charge on any atom is 0.243 e. The largest absolute Gasteiger partial charge is 0.338 e. The first-order chi connectivity index (χ1) is 10.3. The van der Waals surface area contributed by atoms with Crippen molar-refractivity contribution in [3.8, 4) is 0 Å². The monoisotopic (exact) mass is 322 g/mol. The summed E-state index contributed by atoms with van der Waals surface area (Å²) < 4.78 is 5.40. The Morgan fingerprint density at radius 1 is 1.36 bits per heavy atom. The molecule has 2 rings (SSSR count). The highest BCUT2D eigenvalue weighted by Gasteiger charge is 2.24. The number of hydrogen-bond acceptors (Lipinski definition) is 6. The van der Waals surface area contributed by atoms with Gasteiger partial charge in [0.25, 0.3) is 0 Å². The second-order valence-corrected chi connectivity index (χ2v) is 7.81. The number of thiophene rings is 1. The highest BCUT2D eigenvalue weighted by atomic mass is 32.1. The Hall–Kier alpha value is -1.24. The molecule has 122 valence electrons. The average Bonchev–Trinajstić information content (AvgIpc) is 3.09. The molecule has 22 heavy (non-hydrogen) atoms. The molecular formula is C16H26N4OS. The summed E-state index contributed by atoms with van der Waals surface area (Å²) in [7, 11) is 4.20. The van der Waals surface area contributed by atoms with Crippen LogP contribution in [-0.4, -0.2) is 35.7 Å². The molecule has 6 heteroatoms. The van der Waals surface area contributed by atoms with Gasteiger partial charge >= 0.3 is 0 Å². The van der Waals surface area contributed by atoms with Gasteiger partial charge in [0.15, 0.2) is 5.82 Å². The summed E-state index contributed by atoms with van der Waals surface area (Å²) in [5.74, 6) is 1.40. The summed E-state index contributed by atoms with van der Waals surface area (Å²) in [6.45, 7) is 9.14. The molecule has 2 heterocycles. The molecule has 0 saturated heterocycles. The first kappa shape index (κ1) is 17.1. The van der Waals surface area contributed by atoms with Crippen molar-refractivity contribution in [3.05, 3.63) is 34.1 Å². The van der Waals surface area contributed by atoms with Crippen molar-refractivity contribution < 1.29 is 4.52 Å². The lowest BCUT2D eigenvalue weighted by Gasteiger charge is -2.24. The summed E-state index contributed by atoms with van der Waals surface area (Å²) in [6, 6.07) is 4.64. The molecule has 0 saturated carbocycles. The number of rotatable bonds is 6. The fourth-order valence-corrected chi connectivity index (χ4v) is 3.03. The van der Waals surface area contributed by atoms with Gasteiger partial charge in [-0.05, 0) is 32.5 Å². The van der Waals surface area contributed by atoms with Crippen LogP contribution in [0.1, 0.15) is 56.4 Å². The van der Waals surface area contributed by atoms with E-state index in [2.05, 4.69) is 79.7 Å². The number of nitrogens with zero attached hydrogens (tertiary/aromatic N) is 3. The van der Waals surface area contributed by atoms with Crippen LogP contribution in [0.3, 0.4) is 0 Å². The SMILES string of the molecule is C[C@H](NC[C@H](c1cccs1)N(C)C)c1nc(C(C)(C)C)no1. The van der Waals surface area contributed by atoms with E-state index in [4.69, 9.17) is 4.52 Å². The third-order valence-corrected chi connectivity index (χ3v) is 4.57. The van der Waals surface area contributed by atoms with E-state index >= 15 is 0 Å². The van der Waals surface area contributed by atoms with Gasteiger partial charge in [0.2, 0.25) is 5.89 Å². The topological polar surface area (TPSA) is 54.2 Å². The highest BCUT2D eigenvalue weighted by Crippen LogP contribution is 2.24. The Bertz CT molecular complexity index is 571. The van der Waals surface area contributed by atoms with Crippen LogP contribution >= 0.6 is 11.3 Å². The molecule has 0 spiro atoms. The second kappa shape index (κ2) is 6.89. The van der Waals surface area contributed by atoms with Crippen LogP contribution in [0, 0.1) is 0 Å². The lowest BCUT2D eigenvalue weighted by Crippen LogP contribution is -2.32. The molecule has 2 atom stereocenters. The summed E-state index contributed by atoms with van der Waals surface area (Å²) >= 11 is 1.78. The summed E-state index contributed by atoms with van der Waals surface area (Å²) in [5.41, 5.74) is -0.0926. The van der Waals surface area contributed by atoms with Crippen molar-refractivity contribution >= 4 is 11.3 Å². The fourth-order valence-electron chi connectivity index (χ4n) is 2.11. The number of likely N-dealkylation sites (N-methyl/N-ethyl adjacent to an activating group) is 1. The van der Waals surface area contributed by atoms with Crippen LogP contribution in [0.2, 0.25) is 0 Å². The first-order valence-electron chi connectivity index (χ1n) is 7.56. The molecule has 0 radical (unpaired) electrons. The van der Waals surface area contributed by atoms with E-state index in [1.165, 1.54) is 4.88 Å².